The molecule has 0 radical (unpaired) electrons. The van der Waals surface area contributed by atoms with E-state index in [1.807, 2.05) is 0 Å². The van der Waals surface area contributed by atoms with E-state index in [0.29, 0.717) is 0 Å². The Labute approximate surface area is 317 Å². The molecule has 2 aliphatic rings. The van der Waals surface area contributed by atoms with Crippen molar-refractivity contribution in [1.82, 2.24) is 62.1 Å². The van der Waals surface area contributed by atoms with E-state index in [-0.39, 0.29) is 33.0 Å². The van der Waals surface area contributed by atoms with Crippen LogP contribution in [0.5, 0.6) is 0 Å². The van der Waals surface area contributed by atoms with Gasteiger partial charge in [-0.05, 0) is 28.2 Å². The largest absolute Gasteiger partial charge is 2.00 e. The molecule has 0 aromatic rings. The first-order chi connectivity index (χ1) is 22.2. The van der Waals surface area contributed by atoms with Crippen LogP contribution in [0.3, 0.4) is 0 Å². The minimum Gasteiger partial charge on any atom is -0.543 e. The van der Waals surface area contributed by atoms with E-state index >= 15 is 0 Å². The predicted molar refractivity (Wildman–Crippen MR) is 144 cm³/mol. The number of aliphatic carboxylic acids is 2. The van der Waals surface area contributed by atoms with E-state index in [1.165, 1.54) is 0 Å². The molecule has 0 saturated carbocycles. The van der Waals surface area contributed by atoms with Gasteiger partial charge in [-0.2, -0.15) is 0 Å². The third kappa shape index (κ3) is 66.0. The van der Waals surface area contributed by atoms with Gasteiger partial charge in [-0.1, -0.05) is 0 Å². The molecule has 0 amide bonds. The van der Waals surface area contributed by atoms with Crippen LogP contribution in [-0.4, -0.2) is 165 Å². The first kappa shape index (κ1) is 59.0. The fourth-order valence-corrected chi connectivity index (χ4v) is 3.09. The molecule has 306 valence electrons. The van der Waals surface area contributed by atoms with Gasteiger partial charge in [0.15, 0.2) is 0 Å². The van der Waals surface area contributed by atoms with Gasteiger partial charge < -0.3 is 62.3 Å². The molecule has 0 aliphatic carbocycles. The van der Waals surface area contributed by atoms with Crippen molar-refractivity contribution in [1.29, 1.82) is 0 Å². The first-order valence-corrected chi connectivity index (χ1v) is 16.7. The molecule has 28 heteroatoms. The summed E-state index contributed by atoms with van der Waals surface area (Å²) < 4.78 is 67.9. The fourth-order valence-electron chi connectivity index (χ4n) is 3.09. The SMILES string of the molecule is CN1CNCCNCN(C)CNCCNC1.CN1CNCCNCN(C)CNCCNC1.O=C([O-])C(=O)[O-].[Ni+2].[Ni+2].[O-][Cl+3]([O-])([O-])[O-].[O-][Cl+3]([O-])([O-])[O-]. The zero-order valence-corrected chi connectivity index (χ0v) is 31.9. The third-order valence-electron chi connectivity index (χ3n) is 5.13. The summed E-state index contributed by atoms with van der Waals surface area (Å²) in [6.45, 7) is 15.5. The van der Waals surface area contributed by atoms with Crippen LogP contribution in [0.2, 0.25) is 0 Å². The van der Waals surface area contributed by atoms with E-state index < -0.39 is 32.4 Å². The minimum atomic E-state index is -4.94. The molecule has 0 atom stereocenters. The van der Waals surface area contributed by atoms with Crippen molar-refractivity contribution in [3.63, 3.8) is 0 Å². The summed E-state index contributed by atoms with van der Waals surface area (Å²) in [5.74, 6) is -4.37. The number of nitrogens with zero attached hydrogens (tertiary/aromatic N) is 4. The summed E-state index contributed by atoms with van der Waals surface area (Å²) >= 11 is 0. The summed E-state index contributed by atoms with van der Waals surface area (Å²) in [5.41, 5.74) is 0. The maximum Gasteiger partial charge on any atom is 2.00 e. The maximum atomic E-state index is 8.93. The molecule has 2 saturated heterocycles. The second-order valence-corrected chi connectivity index (χ2v) is 11.5. The van der Waals surface area contributed by atoms with Crippen molar-refractivity contribution >= 4 is 11.9 Å². The molecule has 24 nitrogen and oxygen atoms in total. The molecule has 0 bridgehead atoms. The summed E-state index contributed by atoms with van der Waals surface area (Å²) in [7, 11) is -1.44. The van der Waals surface area contributed by atoms with Gasteiger partial charge in [0.05, 0.1) is 11.9 Å². The molecule has 0 spiro atoms. The van der Waals surface area contributed by atoms with Crippen molar-refractivity contribution in [3.8, 4) is 0 Å². The summed E-state index contributed by atoms with van der Waals surface area (Å²) in [5, 5.41) is 45.0. The molecule has 0 unspecified atom stereocenters. The molecule has 2 aliphatic heterocycles. The monoisotopic (exact) mass is 862 g/mol. The van der Waals surface area contributed by atoms with E-state index in [2.05, 4.69) is 90.3 Å². The van der Waals surface area contributed by atoms with Gasteiger partial charge in [0, 0.05) is 106 Å². The van der Waals surface area contributed by atoms with Crippen LogP contribution in [0.25, 0.3) is 0 Å². The van der Waals surface area contributed by atoms with Crippen LogP contribution in [0.15, 0.2) is 0 Å². The second kappa shape index (κ2) is 38.4. The number of carbonyl (C=O) groups is 2. The standard InChI is InChI=1S/2C10H26N6.C2H2O4.2ClHO4.2Ni/c2*1-15-7-11-3-5-13-9-16(2)10-14-6-4-12-8-15;3-1(4)2(5)6;2*2-1(3,4)5;;/h2*11-14H,3-10H2,1-2H3;(H,3,4)(H,5,6);2*(H,2,3,4,5);;/q;;;;;2*+2/p-4. The van der Waals surface area contributed by atoms with Crippen LogP contribution in [-0.2, 0) is 42.6 Å². The van der Waals surface area contributed by atoms with Crippen LogP contribution in [0.4, 0.5) is 0 Å². The van der Waals surface area contributed by atoms with E-state index in [1.54, 1.807) is 0 Å². The van der Waals surface area contributed by atoms with Crippen LogP contribution in [0, 0.1) is 20.5 Å². The molecule has 2 heterocycles. The Bertz CT molecular complexity index is 636. The van der Waals surface area contributed by atoms with Crippen LogP contribution >= 0.6 is 0 Å². The van der Waals surface area contributed by atoms with E-state index in [0.717, 1.165) is 106 Å². The van der Waals surface area contributed by atoms with Crippen LogP contribution < -0.4 is 90.0 Å². The molecular formula is C22H52Cl2N12Ni2O12. The number of carboxylic acids is 2. The van der Waals surface area contributed by atoms with Gasteiger partial charge in [0.2, 0.25) is 0 Å². The van der Waals surface area contributed by atoms with Gasteiger partial charge in [-0.3, -0.25) is 19.6 Å². The number of halogens is 2. The normalized spacial score (nSPS) is 19.4. The van der Waals surface area contributed by atoms with E-state index in [9.17, 15) is 0 Å². The summed E-state index contributed by atoms with van der Waals surface area (Å²) in [6.07, 6.45) is 0. The summed E-state index contributed by atoms with van der Waals surface area (Å²) in [4.78, 5) is 26.8. The molecule has 50 heavy (non-hydrogen) atoms. The zero-order valence-electron chi connectivity index (χ0n) is 28.4. The number of carboxylic acid groups (broad SMARTS) is 2. The third-order valence-corrected chi connectivity index (χ3v) is 5.13. The molecule has 0 aromatic carbocycles. The second-order valence-electron chi connectivity index (χ2n) is 10.0. The first-order valence-electron chi connectivity index (χ1n) is 14.3. The number of carbonyl (C=O) groups excluding carboxylic acids is 2. The molecule has 2 rings (SSSR count). The fraction of sp³-hybridized carbons (Fsp3) is 0.909. The molecule has 8 N–H and O–H groups in total. The van der Waals surface area contributed by atoms with Crippen molar-refractivity contribution in [2.75, 3.05) is 134 Å². The predicted octanol–water partition coefficient (Wildman–Crippen LogP) is -16.9. The average Bonchev–Trinajstić information content (AvgIpc) is 2.94. The van der Waals surface area contributed by atoms with Gasteiger partial charge >= 0.3 is 33.0 Å². The summed E-state index contributed by atoms with van der Waals surface area (Å²) in [6, 6.07) is 0. The minimum absolute atomic E-state index is 0. The molecular weight excluding hydrogens is 813 g/mol. The Morgan fingerprint density at radius 2 is 0.480 bits per heavy atom. The number of rotatable bonds is 0. The Kier molecular flexibility index (Phi) is 45.3. The van der Waals surface area contributed by atoms with Gasteiger partial charge in [-0.25, -0.2) is 37.3 Å². The van der Waals surface area contributed by atoms with E-state index in [4.69, 9.17) is 57.1 Å². The zero-order chi connectivity index (χ0) is 37.4. The maximum absolute atomic E-state index is 8.93. The van der Waals surface area contributed by atoms with Crippen molar-refractivity contribution < 1.29 is 111 Å². The van der Waals surface area contributed by atoms with Gasteiger partial charge in [-0.15, -0.1) is 20.5 Å². The molecule has 0 aromatic heterocycles. The smallest absolute Gasteiger partial charge is 0.543 e. The van der Waals surface area contributed by atoms with Crippen molar-refractivity contribution in [3.05, 3.63) is 0 Å². The Hall–Kier alpha value is -0.293. The average molecular weight is 865 g/mol. The topological polar surface area (TPSA) is 374 Å². The van der Waals surface area contributed by atoms with Crippen LogP contribution in [0.1, 0.15) is 0 Å². The Morgan fingerprint density at radius 3 is 0.560 bits per heavy atom. The number of hydrogen-bond acceptors (Lipinski definition) is 24. The Balaban J connectivity index is -0.000000185. The molecule has 2 fully saturated rings. The van der Waals surface area contributed by atoms with Gasteiger partial charge in [0.25, 0.3) is 0 Å². The van der Waals surface area contributed by atoms with Crippen molar-refractivity contribution in [2.45, 2.75) is 0 Å². The van der Waals surface area contributed by atoms with Crippen molar-refractivity contribution in [2.24, 2.45) is 0 Å². The quantitative estimate of drug-likeness (QED) is 0.0828. The Morgan fingerprint density at radius 1 is 0.380 bits per heavy atom. The number of nitrogens with one attached hydrogen (secondary N) is 8. The number of hydrogen-bond donors (Lipinski definition) is 8. The van der Waals surface area contributed by atoms with Gasteiger partial charge in [0.1, 0.15) is 0 Å².